The highest BCUT2D eigenvalue weighted by Gasteiger charge is 2.32. The molecule has 1 saturated heterocycles. The van der Waals surface area contributed by atoms with Gasteiger partial charge in [0, 0.05) is 19.8 Å². The quantitative estimate of drug-likeness (QED) is 0.921. The van der Waals surface area contributed by atoms with Crippen LogP contribution < -0.4 is 5.73 Å². The van der Waals surface area contributed by atoms with Crippen LogP contribution in [0.1, 0.15) is 40.5 Å². The molecule has 1 aromatic carbocycles. The van der Waals surface area contributed by atoms with Crippen LogP contribution in [0.2, 0.25) is 0 Å². The summed E-state index contributed by atoms with van der Waals surface area (Å²) < 4.78 is 1.81. The van der Waals surface area contributed by atoms with Gasteiger partial charge in [-0.15, -0.1) is 0 Å². The van der Waals surface area contributed by atoms with E-state index >= 15 is 0 Å². The maximum absolute atomic E-state index is 12.8. The summed E-state index contributed by atoms with van der Waals surface area (Å²) in [5.41, 5.74) is 9.59. The fraction of sp³-hybridized carbons (Fsp3) is 0.353. The smallest absolute Gasteiger partial charge is 0.271 e. The number of rotatable bonds is 2. The highest BCUT2D eigenvalue weighted by Crippen LogP contribution is 2.34. The van der Waals surface area contributed by atoms with Gasteiger partial charge in [-0.2, -0.15) is 0 Å². The Hall–Kier alpha value is -2.23. The molecule has 1 amide bonds. The van der Waals surface area contributed by atoms with Crippen LogP contribution in [0.5, 0.6) is 0 Å². The maximum atomic E-state index is 12.8. The van der Waals surface area contributed by atoms with Crippen molar-refractivity contribution >= 4 is 11.6 Å². The van der Waals surface area contributed by atoms with Crippen molar-refractivity contribution in [2.45, 2.75) is 25.8 Å². The van der Waals surface area contributed by atoms with Crippen molar-refractivity contribution in [3.63, 3.8) is 0 Å². The van der Waals surface area contributed by atoms with Gasteiger partial charge in [0.05, 0.1) is 11.7 Å². The molecule has 1 aliphatic heterocycles. The van der Waals surface area contributed by atoms with Gasteiger partial charge in [0.15, 0.2) is 0 Å². The molecule has 0 aliphatic carbocycles. The van der Waals surface area contributed by atoms with E-state index < -0.39 is 0 Å². The first-order valence-corrected chi connectivity index (χ1v) is 7.36. The number of hydrogen-bond acceptors (Lipinski definition) is 2. The number of benzene rings is 1. The first-order valence-electron chi connectivity index (χ1n) is 7.36. The minimum Gasteiger partial charge on any atom is -0.397 e. The number of nitrogens with zero attached hydrogens (tertiary/aromatic N) is 2. The Labute approximate surface area is 125 Å². The van der Waals surface area contributed by atoms with Crippen LogP contribution in [0.4, 0.5) is 5.69 Å². The van der Waals surface area contributed by atoms with Crippen molar-refractivity contribution < 1.29 is 4.79 Å². The van der Waals surface area contributed by atoms with Gasteiger partial charge < -0.3 is 15.2 Å². The van der Waals surface area contributed by atoms with E-state index in [4.69, 9.17) is 5.73 Å². The molecule has 4 heteroatoms. The Morgan fingerprint density at radius 2 is 2.10 bits per heavy atom. The summed E-state index contributed by atoms with van der Waals surface area (Å²) in [5.74, 6) is 0.0694. The van der Waals surface area contributed by atoms with Crippen molar-refractivity contribution in [3.05, 3.63) is 53.3 Å². The van der Waals surface area contributed by atoms with E-state index in [-0.39, 0.29) is 11.9 Å². The number of aromatic nitrogens is 1. The maximum Gasteiger partial charge on any atom is 0.271 e. The van der Waals surface area contributed by atoms with E-state index in [9.17, 15) is 4.79 Å². The van der Waals surface area contributed by atoms with Gasteiger partial charge in [0.25, 0.3) is 5.91 Å². The number of carbonyl (C=O) groups is 1. The van der Waals surface area contributed by atoms with Crippen LogP contribution in [0.3, 0.4) is 0 Å². The summed E-state index contributed by atoms with van der Waals surface area (Å²) in [5, 5.41) is 0. The molecular formula is C17H21N3O. The standard InChI is InChI=1S/C17H21N3O/c1-12-6-3-4-7-14(12)15-8-5-9-20(15)17(21)16-10-13(18)11-19(16)2/h3-4,6-7,10-11,15H,5,8-9,18H2,1-2H3. The van der Waals surface area contributed by atoms with Crippen LogP contribution in [-0.2, 0) is 7.05 Å². The predicted octanol–water partition coefficient (Wildman–Crippen LogP) is 2.89. The van der Waals surface area contributed by atoms with Crippen LogP contribution >= 0.6 is 0 Å². The number of likely N-dealkylation sites (tertiary alicyclic amines) is 1. The van der Waals surface area contributed by atoms with Gasteiger partial charge in [0.2, 0.25) is 0 Å². The summed E-state index contributed by atoms with van der Waals surface area (Å²) in [6.07, 6.45) is 3.85. The molecule has 0 radical (unpaired) electrons. The van der Waals surface area contributed by atoms with Crippen LogP contribution in [0.15, 0.2) is 36.5 Å². The molecule has 0 bridgehead atoms. The average Bonchev–Trinajstić information content (AvgIpc) is 3.05. The third-order valence-electron chi connectivity index (χ3n) is 4.31. The first kappa shape index (κ1) is 13.7. The highest BCUT2D eigenvalue weighted by molar-refractivity contribution is 5.94. The molecule has 21 heavy (non-hydrogen) atoms. The molecular weight excluding hydrogens is 262 g/mol. The first-order chi connectivity index (χ1) is 10.1. The summed E-state index contributed by atoms with van der Waals surface area (Å²) in [6, 6.07) is 10.3. The molecule has 0 spiro atoms. The van der Waals surface area contributed by atoms with Gasteiger partial charge in [-0.25, -0.2) is 0 Å². The molecule has 0 saturated carbocycles. The molecule has 1 fully saturated rings. The molecule has 110 valence electrons. The third-order valence-corrected chi connectivity index (χ3v) is 4.31. The molecule has 2 N–H and O–H groups in total. The molecule has 3 rings (SSSR count). The largest absolute Gasteiger partial charge is 0.397 e. The van der Waals surface area contributed by atoms with Crippen molar-refractivity contribution in [1.82, 2.24) is 9.47 Å². The lowest BCUT2D eigenvalue weighted by atomic mass is 9.99. The van der Waals surface area contributed by atoms with E-state index in [2.05, 4.69) is 19.1 Å². The molecule has 1 aliphatic rings. The van der Waals surface area contributed by atoms with E-state index in [0.29, 0.717) is 11.4 Å². The Kier molecular flexibility index (Phi) is 3.45. The zero-order chi connectivity index (χ0) is 15.0. The fourth-order valence-corrected chi connectivity index (χ4v) is 3.24. The normalized spacial score (nSPS) is 18.2. The number of hydrogen-bond donors (Lipinski definition) is 1. The van der Waals surface area contributed by atoms with E-state index in [1.807, 2.05) is 28.6 Å². The minimum absolute atomic E-state index is 0.0694. The second-order valence-corrected chi connectivity index (χ2v) is 5.78. The number of anilines is 1. The number of amides is 1. The van der Waals surface area contributed by atoms with Crippen LogP contribution in [-0.4, -0.2) is 21.9 Å². The van der Waals surface area contributed by atoms with Crippen molar-refractivity contribution in [3.8, 4) is 0 Å². The second kappa shape index (κ2) is 5.28. The van der Waals surface area contributed by atoms with Gasteiger partial charge in [-0.3, -0.25) is 4.79 Å². The summed E-state index contributed by atoms with van der Waals surface area (Å²) >= 11 is 0. The Morgan fingerprint density at radius 1 is 1.33 bits per heavy atom. The molecule has 1 atom stereocenters. The molecule has 2 heterocycles. The van der Waals surface area contributed by atoms with Crippen LogP contribution in [0, 0.1) is 6.92 Å². The van der Waals surface area contributed by atoms with E-state index in [1.54, 1.807) is 12.3 Å². The zero-order valence-electron chi connectivity index (χ0n) is 12.5. The lowest BCUT2D eigenvalue weighted by Gasteiger charge is -2.26. The van der Waals surface area contributed by atoms with E-state index in [0.717, 1.165) is 19.4 Å². The summed E-state index contributed by atoms with van der Waals surface area (Å²) in [7, 11) is 1.86. The number of carbonyl (C=O) groups excluding carboxylic acids is 1. The zero-order valence-corrected chi connectivity index (χ0v) is 12.5. The number of aryl methyl sites for hydroxylation is 2. The lowest BCUT2D eigenvalue weighted by molar-refractivity contribution is 0.0725. The molecule has 4 nitrogen and oxygen atoms in total. The topological polar surface area (TPSA) is 51.3 Å². The van der Waals surface area contributed by atoms with Crippen molar-refractivity contribution in [2.75, 3.05) is 12.3 Å². The summed E-state index contributed by atoms with van der Waals surface area (Å²) in [4.78, 5) is 14.8. The fourth-order valence-electron chi connectivity index (χ4n) is 3.24. The van der Waals surface area contributed by atoms with Gasteiger partial charge in [-0.05, 0) is 37.0 Å². The molecule has 2 aromatic rings. The predicted molar refractivity (Wildman–Crippen MR) is 84.0 cm³/mol. The van der Waals surface area contributed by atoms with Gasteiger partial charge >= 0.3 is 0 Å². The highest BCUT2D eigenvalue weighted by atomic mass is 16.2. The van der Waals surface area contributed by atoms with Gasteiger partial charge in [-0.1, -0.05) is 24.3 Å². The van der Waals surface area contributed by atoms with Crippen LogP contribution in [0.25, 0.3) is 0 Å². The number of nitrogens with two attached hydrogens (primary N) is 1. The Morgan fingerprint density at radius 3 is 2.76 bits per heavy atom. The Balaban J connectivity index is 1.93. The monoisotopic (exact) mass is 283 g/mol. The van der Waals surface area contributed by atoms with Gasteiger partial charge in [0.1, 0.15) is 5.69 Å². The Bertz CT molecular complexity index is 674. The van der Waals surface area contributed by atoms with Crippen molar-refractivity contribution in [1.29, 1.82) is 0 Å². The average molecular weight is 283 g/mol. The minimum atomic E-state index is 0.0694. The van der Waals surface area contributed by atoms with E-state index in [1.165, 1.54) is 11.1 Å². The van der Waals surface area contributed by atoms with Crippen molar-refractivity contribution in [2.24, 2.45) is 7.05 Å². The third kappa shape index (κ3) is 2.42. The molecule has 1 unspecified atom stereocenters. The number of nitrogen functional groups attached to an aromatic ring is 1. The molecule has 1 aromatic heterocycles. The lowest BCUT2D eigenvalue weighted by Crippen LogP contribution is -2.32. The summed E-state index contributed by atoms with van der Waals surface area (Å²) in [6.45, 7) is 2.92. The second-order valence-electron chi connectivity index (χ2n) is 5.78. The SMILES string of the molecule is Cc1ccccc1C1CCCN1C(=O)c1cc(N)cn1C.